The highest BCUT2D eigenvalue weighted by atomic mass is 16.6. The lowest BCUT2D eigenvalue weighted by molar-refractivity contribution is 0.214. The van der Waals surface area contributed by atoms with Crippen molar-refractivity contribution in [1.82, 2.24) is 0 Å². The quantitative estimate of drug-likeness (QED) is 0.240. The van der Waals surface area contributed by atoms with Crippen molar-refractivity contribution < 1.29 is 4.84 Å². The minimum Gasteiger partial charge on any atom is -0.399 e. The molecule has 0 aliphatic carbocycles. The molecule has 0 aliphatic rings. The molecular weight excluding hydrogens is 114 g/mol. The lowest BCUT2D eigenvalue weighted by Gasteiger charge is -1.82. The van der Waals surface area contributed by atoms with Crippen LogP contribution in [-0.2, 0) is 4.84 Å². The van der Waals surface area contributed by atoms with Gasteiger partial charge in [0.25, 0.3) is 0 Å². The Bertz CT molecular complexity index is 130. The topological polar surface area (TPSA) is 21.6 Å². The molecule has 0 saturated heterocycles. The van der Waals surface area contributed by atoms with E-state index in [2.05, 4.69) is 28.8 Å². The zero-order valence-electron chi connectivity index (χ0n) is 5.55. The molecule has 0 aromatic heterocycles. The summed E-state index contributed by atoms with van der Waals surface area (Å²) in [5, 5.41) is 3.53. The van der Waals surface area contributed by atoms with Gasteiger partial charge >= 0.3 is 0 Å². The van der Waals surface area contributed by atoms with Crippen molar-refractivity contribution in [2.45, 2.75) is 12.8 Å². The summed E-state index contributed by atoms with van der Waals surface area (Å²) in [4.78, 5) is 4.43. The van der Waals surface area contributed by atoms with Crippen molar-refractivity contribution in [3.05, 3.63) is 6.92 Å². The second-order valence-corrected chi connectivity index (χ2v) is 1.36. The molecule has 1 radical (unpaired) electrons. The standard InChI is InChI=1S/C7H10NO/c1-3-4-5-6-7-8-9-2/h7H,1,5-6H2,2H3. The van der Waals surface area contributed by atoms with E-state index in [4.69, 9.17) is 0 Å². The van der Waals surface area contributed by atoms with Crippen LogP contribution in [0.2, 0.25) is 0 Å². The van der Waals surface area contributed by atoms with Crippen LogP contribution in [0.3, 0.4) is 0 Å². The Balaban J connectivity index is 3.06. The highest BCUT2D eigenvalue weighted by molar-refractivity contribution is 5.56. The third-order valence-corrected chi connectivity index (χ3v) is 0.703. The van der Waals surface area contributed by atoms with Gasteiger partial charge in [0.05, 0.1) is 0 Å². The van der Waals surface area contributed by atoms with E-state index in [-0.39, 0.29) is 0 Å². The molecule has 0 N–H and O–H groups in total. The van der Waals surface area contributed by atoms with Gasteiger partial charge in [-0.1, -0.05) is 5.16 Å². The van der Waals surface area contributed by atoms with Crippen molar-refractivity contribution in [2.24, 2.45) is 5.16 Å². The smallest absolute Gasteiger partial charge is 0.106 e. The largest absolute Gasteiger partial charge is 0.399 e. The third kappa shape index (κ3) is 7.03. The molecule has 0 fully saturated rings. The van der Waals surface area contributed by atoms with E-state index in [0.29, 0.717) is 0 Å². The van der Waals surface area contributed by atoms with Gasteiger partial charge in [-0.15, -0.1) is 11.8 Å². The van der Waals surface area contributed by atoms with Gasteiger partial charge in [0.2, 0.25) is 0 Å². The first-order valence-electron chi connectivity index (χ1n) is 2.71. The van der Waals surface area contributed by atoms with Crippen LogP contribution in [0.15, 0.2) is 5.16 Å². The van der Waals surface area contributed by atoms with Crippen LogP contribution in [0.4, 0.5) is 0 Å². The maximum Gasteiger partial charge on any atom is 0.106 e. The molecule has 0 rings (SSSR count). The third-order valence-electron chi connectivity index (χ3n) is 0.703. The van der Waals surface area contributed by atoms with Gasteiger partial charge in [-0.2, -0.15) is 0 Å². The highest BCUT2D eigenvalue weighted by Crippen LogP contribution is 1.81. The van der Waals surface area contributed by atoms with Crippen molar-refractivity contribution in [3.63, 3.8) is 0 Å². The van der Waals surface area contributed by atoms with Crippen LogP contribution in [0.5, 0.6) is 0 Å². The van der Waals surface area contributed by atoms with E-state index in [1.807, 2.05) is 0 Å². The second-order valence-electron chi connectivity index (χ2n) is 1.36. The minimum atomic E-state index is 0.802. The SMILES string of the molecule is [CH2]C#CCCC=NOC. The van der Waals surface area contributed by atoms with Gasteiger partial charge in [0, 0.05) is 19.6 Å². The molecule has 0 aromatic carbocycles. The summed E-state index contributed by atoms with van der Waals surface area (Å²) in [5.74, 6) is 5.34. The molecule has 0 saturated carbocycles. The van der Waals surface area contributed by atoms with Crippen LogP contribution >= 0.6 is 0 Å². The van der Waals surface area contributed by atoms with E-state index >= 15 is 0 Å². The molecular formula is C7H10NO. The first-order valence-corrected chi connectivity index (χ1v) is 2.71. The molecule has 0 aromatic rings. The Hall–Kier alpha value is -0.970. The van der Waals surface area contributed by atoms with E-state index < -0.39 is 0 Å². The number of hydrogen-bond donors (Lipinski definition) is 0. The predicted octanol–water partition coefficient (Wildman–Crippen LogP) is 1.24. The summed E-state index contributed by atoms with van der Waals surface area (Å²) in [6.45, 7) is 3.37. The molecule has 0 amide bonds. The Morgan fingerprint density at radius 3 is 3.11 bits per heavy atom. The number of unbranched alkanes of at least 4 members (excludes halogenated alkanes) is 1. The molecule has 2 nitrogen and oxygen atoms in total. The fourth-order valence-corrected chi connectivity index (χ4v) is 0.352. The zero-order valence-corrected chi connectivity index (χ0v) is 5.55. The van der Waals surface area contributed by atoms with Crippen LogP contribution in [0.25, 0.3) is 0 Å². The Labute approximate surface area is 55.9 Å². The maximum atomic E-state index is 4.43. The van der Waals surface area contributed by atoms with Gasteiger partial charge in [0.15, 0.2) is 0 Å². The molecule has 0 heterocycles. The molecule has 2 heteroatoms. The number of oxime groups is 1. The average Bonchev–Trinajstić information content (AvgIpc) is 1.89. The Morgan fingerprint density at radius 2 is 2.56 bits per heavy atom. The lowest BCUT2D eigenvalue weighted by Crippen LogP contribution is -1.74. The molecule has 9 heavy (non-hydrogen) atoms. The van der Waals surface area contributed by atoms with Crippen LogP contribution < -0.4 is 0 Å². The van der Waals surface area contributed by atoms with Crippen molar-refractivity contribution in [3.8, 4) is 11.8 Å². The van der Waals surface area contributed by atoms with Gasteiger partial charge in [-0.05, 0) is 6.42 Å². The molecule has 0 aliphatic heterocycles. The van der Waals surface area contributed by atoms with Crippen molar-refractivity contribution >= 4 is 6.21 Å². The first kappa shape index (κ1) is 8.03. The summed E-state index contributed by atoms with van der Waals surface area (Å²) in [7, 11) is 1.52. The van der Waals surface area contributed by atoms with Gasteiger partial charge in [-0.25, -0.2) is 0 Å². The van der Waals surface area contributed by atoms with Crippen LogP contribution in [0, 0.1) is 18.8 Å². The van der Waals surface area contributed by atoms with Gasteiger partial charge in [-0.3, -0.25) is 0 Å². The summed E-state index contributed by atoms with van der Waals surface area (Å²) in [6.07, 6.45) is 3.32. The van der Waals surface area contributed by atoms with Crippen LogP contribution in [-0.4, -0.2) is 13.3 Å². The summed E-state index contributed by atoms with van der Waals surface area (Å²) >= 11 is 0. The molecule has 0 spiro atoms. The van der Waals surface area contributed by atoms with Crippen molar-refractivity contribution in [1.29, 1.82) is 0 Å². The monoisotopic (exact) mass is 124 g/mol. The number of nitrogens with zero attached hydrogens (tertiary/aromatic N) is 1. The van der Waals surface area contributed by atoms with E-state index in [0.717, 1.165) is 12.8 Å². The molecule has 0 bridgehead atoms. The minimum absolute atomic E-state index is 0.802. The maximum absolute atomic E-state index is 4.43. The lowest BCUT2D eigenvalue weighted by atomic mass is 10.3. The summed E-state index contributed by atoms with van der Waals surface area (Å²) in [6, 6.07) is 0. The fraction of sp³-hybridized carbons (Fsp3) is 0.429. The van der Waals surface area contributed by atoms with E-state index in [1.54, 1.807) is 6.21 Å². The second kappa shape index (κ2) is 7.03. The number of hydrogen-bond acceptors (Lipinski definition) is 2. The average molecular weight is 124 g/mol. The highest BCUT2D eigenvalue weighted by Gasteiger charge is 1.73. The Kier molecular flexibility index (Phi) is 6.27. The first-order chi connectivity index (χ1) is 4.41. The Morgan fingerprint density at radius 1 is 1.78 bits per heavy atom. The molecule has 0 unspecified atom stereocenters. The molecule has 0 atom stereocenters. The number of rotatable bonds is 3. The fourth-order valence-electron chi connectivity index (χ4n) is 0.352. The van der Waals surface area contributed by atoms with Gasteiger partial charge in [0.1, 0.15) is 7.11 Å². The van der Waals surface area contributed by atoms with Crippen LogP contribution in [0.1, 0.15) is 12.8 Å². The summed E-state index contributed by atoms with van der Waals surface area (Å²) < 4.78 is 0. The summed E-state index contributed by atoms with van der Waals surface area (Å²) in [5.41, 5.74) is 0. The van der Waals surface area contributed by atoms with Gasteiger partial charge < -0.3 is 4.84 Å². The normalized spacial score (nSPS) is 8.67. The molecule has 49 valence electrons. The van der Waals surface area contributed by atoms with E-state index in [9.17, 15) is 0 Å². The van der Waals surface area contributed by atoms with E-state index in [1.165, 1.54) is 7.11 Å². The zero-order chi connectivity index (χ0) is 6.95. The predicted molar refractivity (Wildman–Crippen MR) is 37.9 cm³/mol. The van der Waals surface area contributed by atoms with Crippen molar-refractivity contribution in [2.75, 3.05) is 7.11 Å².